The smallest absolute Gasteiger partial charge is 0.243 e. The molecule has 1 saturated heterocycles. The van der Waals surface area contributed by atoms with Crippen LogP contribution < -0.4 is 5.32 Å². The molecule has 0 saturated carbocycles. The molecule has 1 N–H and O–H groups in total. The van der Waals surface area contributed by atoms with E-state index in [2.05, 4.69) is 10.3 Å². The van der Waals surface area contributed by atoms with E-state index in [1.165, 1.54) is 34.3 Å². The minimum atomic E-state index is -3.69. The van der Waals surface area contributed by atoms with Crippen LogP contribution in [0.2, 0.25) is 5.02 Å². The summed E-state index contributed by atoms with van der Waals surface area (Å²) < 4.78 is 34.3. The number of hydrogen-bond acceptors (Lipinski definition) is 6. The molecule has 2 aromatic carbocycles. The fraction of sp³-hybridized carbons (Fsp3) is 0.300. The average molecular weight is 481 g/mol. The van der Waals surface area contributed by atoms with E-state index < -0.39 is 10.0 Å². The highest BCUT2D eigenvalue weighted by Crippen LogP contribution is 2.28. The van der Waals surface area contributed by atoms with E-state index in [0.29, 0.717) is 31.5 Å². The molecule has 1 aliphatic heterocycles. The van der Waals surface area contributed by atoms with Crippen molar-refractivity contribution in [1.82, 2.24) is 13.9 Å². The Morgan fingerprint density at radius 2 is 1.97 bits per heavy atom. The van der Waals surface area contributed by atoms with Gasteiger partial charge >= 0.3 is 0 Å². The van der Waals surface area contributed by atoms with Crippen molar-refractivity contribution >= 4 is 56.0 Å². The number of hydrogen-bond donors (Lipinski definition) is 1. The van der Waals surface area contributed by atoms with E-state index in [1.807, 2.05) is 35.9 Å². The summed E-state index contributed by atoms with van der Waals surface area (Å²) in [5.74, 6) is -0.201. The monoisotopic (exact) mass is 480 g/mol. The number of morpholine rings is 1. The molecule has 1 aliphatic rings. The van der Waals surface area contributed by atoms with Crippen LogP contribution in [0.5, 0.6) is 0 Å². The van der Waals surface area contributed by atoms with E-state index in [-0.39, 0.29) is 27.3 Å². The first-order chi connectivity index (χ1) is 14.9. The molecule has 11 heteroatoms. The van der Waals surface area contributed by atoms with Crippen LogP contribution in [0.25, 0.3) is 11.0 Å². The summed E-state index contributed by atoms with van der Waals surface area (Å²) in [4.78, 5) is 17.1. The molecule has 31 heavy (non-hydrogen) atoms. The number of fused-ring (bicyclic) bond motifs is 1. The van der Waals surface area contributed by atoms with Crippen LogP contribution in [0.4, 0.5) is 5.69 Å². The molecule has 1 aromatic heterocycles. The van der Waals surface area contributed by atoms with E-state index in [0.717, 1.165) is 11.0 Å². The molecule has 1 fully saturated rings. The number of thioether (sulfide) groups is 1. The number of imidazole rings is 1. The number of sulfonamides is 1. The van der Waals surface area contributed by atoms with Crippen molar-refractivity contribution in [2.24, 2.45) is 7.05 Å². The summed E-state index contributed by atoms with van der Waals surface area (Å²) in [6.07, 6.45) is 0. The Kier molecular flexibility index (Phi) is 6.54. The van der Waals surface area contributed by atoms with Crippen molar-refractivity contribution in [1.29, 1.82) is 0 Å². The Balaban J connectivity index is 1.46. The Bertz CT molecular complexity index is 1220. The van der Waals surface area contributed by atoms with Gasteiger partial charge in [-0.3, -0.25) is 4.79 Å². The molecular formula is C20H21ClN4O4S2. The average Bonchev–Trinajstić information content (AvgIpc) is 3.10. The summed E-state index contributed by atoms with van der Waals surface area (Å²) in [5, 5.41) is 3.69. The lowest BCUT2D eigenvalue weighted by Crippen LogP contribution is -2.40. The zero-order valence-corrected chi connectivity index (χ0v) is 19.1. The van der Waals surface area contributed by atoms with E-state index in [9.17, 15) is 13.2 Å². The SMILES string of the molecule is Cn1c(SCC(=O)Nc2cc(S(=O)(=O)N3CCOCC3)ccc2Cl)nc2ccccc21. The molecule has 0 atom stereocenters. The van der Waals surface area contributed by atoms with Gasteiger partial charge in [0, 0.05) is 20.1 Å². The first kappa shape index (κ1) is 22.1. The molecule has 1 amide bonds. The van der Waals surface area contributed by atoms with Crippen LogP contribution in [-0.4, -0.2) is 60.2 Å². The number of halogens is 1. The number of amides is 1. The number of benzene rings is 2. The van der Waals surface area contributed by atoms with Gasteiger partial charge in [-0.2, -0.15) is 4.31 Å². The van der Waals surface area contributed by atoms with Crippen molar-refractivity contribution in [3.8, 4) is 0 Å². The van der Waals surface area contributed by atoms with Gasteiger partial charge in [0.05, 0.1) is 45.6 Å². The standard InChI is InChI=1S/C20H21ClN4O4S2/c1-24-18-5-3-2-4-16(18)23-20(24)30-13-19(26)22-17-12-14(6-7-15(17)21)31(27,28)25-8-10-29-11-9-25/h2-7,12H,8-11,13H2,1H3,(H,22,26). The predicted molar refractivity (Wildman–Crippen MR) is 121 cm³/mol. The van der Waals surface area contributed by atoms with E-state index in [1.54, 1.807) is 0 Å². The van der Waals surface area contributed by atoms with Crippen molar-refractivity contribution < 1.29 is 17.9 Å². The van der Waals surface area contributed by atoms with Crippen LogP contribution in [0, 0.1) is 0 Å². The Morgan fingerprint density at radius 3 is 2.71 bits per heavy atom. The van der Waals surface area contributed by atoms with Crippen molar-refractivity contribution in [2.75, 3.05) is 37.4 Å². The van der Waals surface area contributed by atoms with Gasteiger partial charge in [-0.1, -0.05) is 35.5 Å². The van der Waals surface area contributed by atoms with Crippen LogP contribution in [0.15, 0.2) is 52.5 Å². The van der Waals surface area contributed by atoms with Gasteiger partial charge in [0.25, 0.3) is 0 Å². The molecule has 0 unspecified atom stereocenters. The zero-order chi connectivity index (χ0) is 22.0. The number of ether oxygens (including phenoxy) is 1. The quantitative estimate of drug-likeness (QED) is 0.545. The highest BCUT2D eigenvalue weighted by molar-refractivity contribution is 7.99. The van der Waals surface area contributed by atoms with Crippen molar-refractivity contribution in [3.05, 3.63) is 47.5 Å². The molecule has 164 valence electrons. The first-order valence-electron chi connectivity index (χ1n) is 9.58. The van der Waals surface area contributed by atoms with Crippen LogP contribution >= 0.6 is 23.4 Å². The number of carbonyl (C=O) groups excluding carboxylic acids is 1. The molecule has 0 aliphatic carbocycles. The summed E-state index contributed by atoms with van der Waals surface area (Å²) in [6.45, 7) is 1.30. The second-order valence-corrected chi connectivity index (χ2v) is 10.2. The lowest BCUT2D eigenvalue weighted by molar-refractivity contribution is -0.113. The zero-order valence-electron chi connectivity index (χ0n) is 16.7. The van der Waals surface area contributed by atoms with Crippen molar-refractivity contribution in [2.45, 2.75) is 10.1 Å². The molecule has 2 heterocycles. The summed E-state index contributed by atoms with van der Waals surface area (Å²) >= 11 is 7.50. The molecule has 4 rings (SSSR count). The lowest BCUT2D eigenvalue weighted by atomic mass is 10.3. The fourth-order valence-electron chi connectivity index (χ4n) is 3.27. The molecule has 0 spiro atoms. The summed E-state index contributed by atoms with van der Waals surface area (Å²) in [7, 11) is -1.79. The molecule has 8 nitrogen and oxygen atoms in total. The van der Waals surface area contributed by atoms with E-state index >= 15 is 0 Å². The van der Waals surface area contributed by atoms with E-state index in [4.69, 9.17) is 16.3 Å². The third-order valence-electron chi connectivity index (χ3n) is 4.90. The molecule has 0 radical (unpaired) electrons. The highest BCUT2D eigenvalue weighted by atomic mass is 35.5. The number of aryl methyl sites for hydroxylation is 1. The summed E-state index contributed by atoms with van der Waals surface area (Å²) in [5.41, 5.74) is 2.10. The predicted octanol–water partition coefficient (Wildman–Crippen LogP) is 2.98. The Labute approximate surface area is 189 Å². The molecular weight excluding hydrogens is 460 g/mol. The summed E-state index contributed by atoms with van der Waals surface area (Å²) in [6, 6.07) is 12.0. The minimum Gasteiger partial charge on any atom is -0.379 e. The largest absolute Gasteiger partial charge is 0.379 e. The van der Waals surface area contributed by atoms with Gasteiger partial charge in [0.1, 0.15) is 0 Å². The normalized spacial score (nSPS) is 15.3. The van der Waals surface area contributed by atoms with Gasteiger partial charge in [-0.05, 0) is 30.3 Å². The van der Waals surface area contributed by atoms with Gasteiger partial charge in [-0.25, -0.2) is 13.4 Å². The van der Waals surface area contributed by atoms with Crippen molar-refractivity contribution in [3.63, 3.8) is 0 Å². The number of nitrogens with zero attached hydrogens (tertiary/aromatic N) is 3. The third-order valence-corrected chi connectivity index (χ3v) is 8.15. The number of aromatic nitrogens is 2. The number of nitrogens with one attached hydrogen (secondary N) is 1. The van der Waals surface area contributed by atoms with Gasteiger partial charge in [0.2, 0.25) is 15.9 Å². The maximum atomic E-state index is 12.9. The molecule has 0 bridgehead atoms. The first-order valence-corrected chi connectivity index (χ1v) is 12.4. The Morgan fingerprint density at radius 1 is 1.23 bits per heavy atom. The van der Waals surface area contributed by atoms with Crippen LogP contribution in [0.1, 0.15) is 0 Å². The number of anilines is 1. The minimum absolute atomic E-state index is 0.0807. The number of para-hydroxylation sites is 2. The molecule has 3 aromatic rings. The highest BCUT2D eigenvalue weighted by Gasteiger charge is 2.27. The van der Waals surface area contributed by atoms with Gasteiger partial charge in [-0.15, -0.1) is 0 Å². The maximum Gasteiger partial charge on any atom is 0.243 e. The third kappa shape index (κ3) is 4.73. The maximum absolute atomic E-state index is 12.9. The number of rotatable bonds is 6. The second-order valence-electron chi connectivity index (χ2n) is 6.94. The lowest BCUT2D eigenvalue weighted by Gasteiger charge is -2.26. The van der Waals surface area contributed by atoms with Crippen LogP contribution in [0.3, 0.4) is 0 Å². The fourth-order valence-corrected chi connectivity index (χ4v) is 5.65. The number of carbonyl (C=O) groups is 1. The van der Waals surface area contributed by atoms with Crippen LogP contribution in [-0.2, 0) is 26.6 Å². The topological polar surface area (TPSA) is 93.5 Å². The van der Waals surface area contributed by atoms with Gasteiger partial charge < -0.3 is 14.6 Å². The van der Waals surface area contributed by atoms with Gasteiger partial charge in [0.15, 0.2) is 5.16 Å². The second kappa shape index (κ2) is 9.17. The Hall–Kier alpha value is -2.11.